The van der Waals surface area contributed by atoms with Crippen LogP contribution in [0.1, 0.15) is 25.0 Å². The SMILES string of the molecule is CC(C)NCc1ccc(SCc2ccccc2Cl)nc1. The van der Waals surface area contributed by atoms with Gasteiger partial charge in [-0.2, -0.15) is 0 Å². The fraction of sp³-hybridized carbons (Fsp3) is 0.312. The maximum absolute atomic E-state index is 6.14. The lowest BCUT2D eigenvalue weighted by Gasteiger charge is -2.08. The van der Waals surface area contributed by atoms with Crippen LogP contribution in [0.3, 0.4) is 0 Å². The fourth-order valence-electron chi connectivity index (χ4n) is 1.69. The maximum atomic E-state index is 6.14. The first-order chi connectivity index (χ1) is 9.65. The van der Waals surface area contributed by atoms with Crippen LogP contribution in [-0.4, -0.2) is 11.0 Å². The van der Waals surface area contributed by atoms with Crippen LogP contribution in [0, 0.1) is 0 Å². The number of halogens is 1. The van der Waals surface area contributed by atoms with Gasteiger partial charge in [0.1, 0.15) is 0 Å². The van der Waals surface area contributed by atoms with Gasteiger partial charge >= 0.3 is 0 Å². The van der Waals surface area contributed by atoms with Gasteiger partial charge in [0.05, 0.1) is 5.03 Å². The summed E-state index contributed by atoms with van der Waals surface area (Å²) >= 11 is 7.85. The summed E-state index contributed by atoms with van der Waals surface area (Å²) in [6.07, 6.45) is 1.93. The van der Waals surface area contributed by atoms with E-state index in [1.54, 1.807) is 11.8 Å². The Labute approximate surface area is 130 Å². The van der Waals surface area contributed by atoms with E-state index in [4.69, 9.17) is 11.6 Å². The average molecular weight is 307 g/mol. The highest BCUT2D eigenvalue weighted by molar-refractivity contribution is 7.98. The molecule has 4 heteroatoms. The third-order valence-corrected chi connectivity index (χ3v) is 4.21. The van der Waals surface area contributed by atoms with E-state index in [-0.39, 0.29) is 0 Å². The predicted octanol–water partition coefficient (Wildman–Crippen LogP) is 4.53. The van der Waals surface area contributed by atoms with Crippen LogP contribution in [0.15, 0.2) is 47.6 Å². The second-order valence-electron chi connectivity index (χ2n) is 4.92. The molecule has 0 aliphatic rings. The molecule has 2 aromatic rings. The Morgan fingerprint density at radius 1 is 1.20 bits per heavy atom. The number of hydrogen-bond donors (Lipinski definition) is 1. The van der Waals surface area contributed by atoms with Crippen LogP contribution in [0.2, 0.25) is 5.02 Å². The molecule has 0 unspecified atom stereocenters. The van der Waals surface area contributed by atoms with E-state index in [0.717, 1.165) is 27.9 Å². The maximum Gasteiger partial charge on any atom is 0.0963 e. The van der Waals surface area contributed by atoms with Crippen molar-refractivity contribution in [1.82, 2.24) is 10.3 Å². The van der Waals surface area contributed by atoms with Crippen molar-refractivity contribution in [1.29, 1.82) is 0 Å². The summed E-state index contributed by atoms with van der Waals surface area (Å²) in [4.78, 5) is 4.48. The molecule has 0 amide bonds. The quantitative estimate of drug-likeness (QED) is 0.794. The Hall–Kier alpha value is -1.03. The highest BCUT2D eigenvalue weighted by Crippen LogP contribution is 2.25. The van der Waals surface area contributed by atoms with E-state index in [9.17, 15) is 0 Å². The number of hydrogen-bond acceptors (Lipinski definition) is 3. The highest BCUT2D eigenvalue weighted by atomic mass is 35.5. The standard InChI is InChI=1S/C16H19ClN2S/c1-12(2)18-9-13-7-8-16(19-10-13)20-11-14-5-3-4-6-15(14)17/h3-8,10,12,18H,9,11H2,1-2H3. The first kappa shape index (κ1) is 15.4. The van der Waals surface area contributed by atoms with Gasteiger partial charge < -0.3 is 5.32 Å². The smallest absolute Gasteiger partial charge is 0.0963 e. The largest absolute Gasteiger partial charge is 0.310 e. The third-order valence-electron chi connectivity index (χ3n) is 2.85. The Bertz CT molecular complexity index is 540. The summed E-state index contributed by atoms with van der Waals surface area (Å²) in [5.74, 6) is 0.844. The van der Waals surface area contributed by atoms with E-state index in [2.05, 4.69) is 42.3 Å². The summed E-state index contributed by atoms with van der Waals surface area (Å²) in [6.45, 7) is 5.14. The van der Waals surface area contributed by atoms with Crippen LogP contribution < -0.4 is 5.32 Å². The average Bonchev–Trinajstić information content (AvgIpc) is 2.45. The molecule has 106 valence electrons. The topological polar surface area (TPSA) is 24.9 Å². The van der Waals surface area contributed by atoms with Crippen molar-refractivity contribution in [2.75, 3.05) is 0 Å². The monoisotopic (exact) mass is 306 g/mol. The molecule has 0 aliphatic heterocycles. The molecule has 0 saturated carbocycles. The predicted molar refractivity (Wildman–Crippen MR) is 87.2 cm³/mol. The van der Waals surface area contributed by atoms with Crippen LogP contribution >= 0.6 is 23.4 Å². The lowest BCUT2D eigenvalue weighted by atomic mass is 10.2. The molecule has 2 rings (SSSR count). The number of rotatable bonds is 6. The van der Waals surface area contributed by atoms with Gasteiger partial charge in [-0.15, -0.1) is 11.8 Å². The molecule has 0 bridgehead atoms. The molecule has 2 nitrogen and oxygen atoms in total. The summed E-state index contributed by atoms with van der Waals surface area (Å²) in [5.41, 5.74) is 2.35. The van der Waals surface area contributed by atoms with Gasteiger partial charge in [0, 0.05) is 29.6 Å². The zero-order valence-electron chi connectivity index (χ0n) is 11.8. The van der Waals surface area contributed by atoms with Crippen molar-refractivity contribution in [3.63, 3.8) is 0 Å². The first-order valence-electron chi connectivity index (χ1n) is 6.69. The zero-order chi connectivity index (χ0) is 14.4. The number of nitrogens with one attached hydrogen (secondary N) is 1. The van der Waals surface area contributed by atoms with E-state index >= 15 is 0 Å². The molecule has 0 spiro atoms. The minimum Gasteiger partial charge on any atom is -0.310 e. The Kier molecular flexibility index (Phi) is 5.89. The molecule has 1 aromatic heterocycles. The number of benzene rings is 1. The second kappa shape index (κ2) is 7.67. The van der Waals surface area contributed by atoms with Crippen LogP contribution in [0.25, 0.3) is 0 Å². The summed E-state index contributed by atoms with van der Waals surface area (Å²) in [5, 5.41) is 5.23. The number of aromatic nitrogens is 1. The van der Waals surface area contributed by atoms with Crippen LogP contribution in [-0.2, 0) is 12.3 Å². The Morgan fingerprint density at radius 3 is 2.65 bits per heavy atom. The van der Waals surface area contributed by atoms with Crippen molar-refractivity contribution in [2.24, 2.45) is 0 Å². The molecular weight excluding hydrogens is 288 g/mol. The molecule has 0 aliphatic carbocycles. The van der Waals surface area contributed by atoms with E-state index in [1.165, 1.54) is 5.56 Å². The zero-order valence-corrected chi connectivity index (χ0v) is 13.3. The molecule has 1 heterocycles. The van der Waals surface area contributed by atoms with Crippen molar-refractivity contribution in [3.8, 4) is 0 Å². The first-order valence-corrected chi connectivity index (χ1v) is 8.06. The van der Waals surface area contributed by atoms with E-state index < -0.39 is 0 Å². The minimum absolute atomic E-state index is 0.490. The number of pyridine rings is 1. The third kappa shape index (κ3) is 4.82. The van der Waals surface area contributed by atoms with Crippen LogP contribution in [0.5, 0.6) is 0 Å². The number of nitrogens with zero attached hydrogens (tertiary/aromatic N) is 1. The Morgan fingerprint density at radius 2 is 2.00 bits per heavy atom. The van der Waals surface area contributed by atoms with Gasteiger partial charge in [0.2, 0.25) is 0 Å². The van der Waals surface area contributed by atoms with Gasteiger partial charge in [0.15, 0.2) is 0 Å². The van der Waals surface area contributed by atoms with Gasteiger partial charge in [-0.25, -0.2) is 4.98 Å². The van der Waals surface area contributed by atoms with Crippen molar-refractivity contribution >= 4 is 23.4 Å². The normalized spacial score (nSPS) is 11.0. The molecule has 0 atom stereocenters. The van der Waals surface area contributed by atoms with E-state index in [1.807, 2.05) is 24.4 Å². The Balaban J connectivity index is 1.89. The molecule has 0 fully saturated rings. The molecule has 1 aromatic carbocycles. The van der Waals surface area contributed by atoms with E-state index in [0.29, 0.717) is 6.04 Å². The van der Waals surface area contributed by atoms with Gasteiger partial charge in [0.25, 0.3) is 0 Å². The highest BCUT2D eigenvalue weighted by Gasteiger charge is 2.02. The molecule has 0 saturated heterocycles. The van der Waals surface area contributed by atoms with Crippen LogP contribution in [0.4, 0.5) is 0 Å². The molecule has 20 heavy (non-hydrogen) atoms. The summed E-state index contributed by atoms with van der Waals surface area (Å²) < 4.78 is 0. The summed E-state index contributed by atoms with van der Waals surface area (Å²) in [7, 11) is 0. The summed E-state index contributed by atoms with van der Waals surface area (Å²) in [6, 6.07) is 12.6. The van der Waals surface area contributed by atoms with Gasteiger partial charge in [-0.3, -0.25) is 0 Å². The minimum atomic E-state index is 0.490. The molecular formula is C16H19ClN2S. The lowest BCUT2D eigenvalue weighted by Crippen LogP contribution is -2.21. The number of thioether (sulfide) groups is 1. The second-order valence-corrected chi connectivity index (χ2v) is 6.32. The van der Waals surface area contributed by atoms with Gasteiger partial charge in [-0.05, 0) is 23.3 Å². The molecule has 0 radical (unpaired) electrons. The van der Waals surface area contributed by atoms with Crippen molar-refractivity contribution in [3.05, 3.63) is 58.7 Å². The van der Waals surface area contributed by atoms with Crippen molar-refractivity contribution < 1.29 is 0 Å². The lowest BCUT2D eigenvalue weighted by molar-refractivity contribution is 0.587. The molecule has 1 N–H and O–H groups in total. The van der Waals surface area contributed by atoms with Gasteiger partial charge in [-0.1, -0.05) is 49.7 Å². The fourth-order valence-corrected chi connectivity index (χ4v) is 2.82. The van der Waals surface area contributed by atoms with Crippen molar-refractivity contribution in [2.45, 2.75) is 37.2 Å².